The van der Waals surface area contributed by atoms with E-state index in [0.29, 0.717) is 0 Å². The van der Waals surface area contributed by atoms with Crippen LogP contribution in [0, 0.1) is 20.2 Å². The minimum absolute atomic E-state index is 0.0636. The van der Waals surface area contributed by atoms with Crippen molar-refractivity contribution in [3.05, 3.63) is 67.8 Å². The van der Waals surface area contributed by atoms with Crippen LogP contribution in [-0.4, -0.2) is 30.2 Å². The summed E-state index contributed by atoms with van der Waals surface area (Å²) in [6, 6.07) is 6.69. The predicted octanol–water partition coefficient (Wildman–Crippen LogP) is 2.47. The summed E-state index contributed by atoms with van der Waals surface area (Å²) in [5, 5.41) is 22.4. The van der Waals surface area contributed by atoms with Crippen LogP contribution in [-0.2, 0) is 30.9 Å². The first-order chi connectivity index (χ1) is 14.4. The van der Waals surface area contributed by atoms with E-state index < -0.39 is 54.5 Å². The van der Waals surface area contributed by atoms with Crippen LogP contribution < -0.4 is 9.47 Å². The highest BCUT2D eigenvalue weighted by atomic mass is 32.2. The van der Waals surface area contributed by atoms with E-state index in [1.54, 1.807) is 0 Å². The summed E-state index contributed by atoms with van der Waals surface area (Å²) >= 11 is 0. The summed E-state index contributed by atoms with van der Waals surface area (Å²) in [6.07, 6.45) is 0. The molecule has 2 aromatic rings. The Balaban J connectivity index is 2.29. The fourth-order valence-electron chi connectivity index (χ4n) is 2.63. The topological polar surface area (TPSA) is 173 Å². The standard InChI is InChI=1S/C18H16N2O10S/c1-11(21)29-17-5-3-13(7-15(17)19(23)24)9-31(27,28)10-14-4-6-18(30-12(2)22)16(8-14)20(25)26/h3-8H,9-10H2,1-2H3. The van der Waals surface area contributed by atoms with Crippen molar-refractivity contribution >= 4 is 33.2 Å². The maximum absolute atomic E-state index is 12.5. The number of nitro groups is 2. The van der Waals surface area contributed by atoms with Gasteiger partial charge >= 0.3 is 23.3 Å². The van der Waals surface area contributed by atoms with Gasteiger partial charge < -0.3 is 9.47 Å². The second kappa shape index (κ2) is 9.30. The molecule has 0 atom stereocenters. The molecule has 0 saturated carbocycles. The van der Waals surface area contributed by atoms with Gasteiger partial charge in [-0.3, -0.25) is 29.8 Å². The Hall–Kier alpha value is -3.87. The van der Waals surface area contributed by atoms with E-state index in [9.17, 15) is 38.2 Å². The fraction of sp³-hybridized carbons (Fsp3) is 0.222. The summed E-state index contributed by atoms with van der Waals surface area (Å²) in [7, 11) is -3.91. The van der Waals surface area contributed by atoms with Gasteiger partial charge in [-0.2, -0.15) is 0 Å². The Morgan fingerprint density at radius 1 is 0.806 bits per heavy atom. The van der Waals surface area contributed by atoms with Crippen molar-refractivity contribution in [2.75, 3.05) is 0 Å². The smallest absolute Gasteiger partial charge is 0.311 e. The van der Waals surface area contributed by atoms with Crippen molar-refractivity contribution < 1.29 is 37.3 Å². The Morgan fingerprint density at radius 2 is 1.16 bits per heavy atom. The molecule has 2 aromatic carbocycles. The van der Waals surface area contributed by atoms with Crippen molar-refractivity contribution in [3.8, 4) is 11.5 Å². The van der Waals surface area contributed by atoms with Gasteiger partial charge in [0.15, 0.2) is 9.84 Å². The second-order valence-electron chi connectivity index (χ2n) is 6.34. The number of carbonyl (C=O) groups excluding carboxylic acids is 2. The molecular formula is C18H16N2O10S. The maximum Gasteiger partial charge on any atom is 0.311 e. The van der Waals surface area contributed by atoms with Gasteiger partial charge in [0.2, 0.25) is 11.5 Å². The van der Waals surface area contributed by atoms with Crippen LogP contribution in [0.5, 0.6) is 11.5 Å². The van der Waals surface area contributed by atoms with E-state index in [1.807, 2.05) is 0 Å². The van der Waals surface area contributed by atoms with Gasteiger partial charge in [-0.05, 0) is 23.3 Å². The van der Waals surface area contributed by atoms with Crippen LogP contribution in [0.1, 0.15) is 25.0 Å². The minimum Gasteiger partial charge on any atom is -0.419 e. The van der Waals surface area contributed by atoms with Gasteiger partial charge in [0.25, 0.3) is 0 Å². The Kier molecular flexibility index (Phi) is 7.02. The number of carbonyl (C=O) groups is 2. The van der Waals surface area contributed by atoms with Crippen LogP contribution in [0.3, 0.4) is 0 Å². The second-order valence-corrected chi connectivity index (χ2v) is 8.40. The molecule has 12 nitrogen and oxygen atoms in total. The number of nitrogens with zero attached hydrogens (tertiary/aromatic N) is 2. The lowest BCUT2D eigenvalue weighted by atomic mass is 10.2. The van der Waals surface area contributed by atoms with Crippen molar-refractivity contribution in [1.29, 1.82) is 0 Å². The number of hydrogen-bond acceptors (Lipinski definition) is 10. The summed E-state index contributed by atoms with van der Waals surface area (Å²) in [5.41, 5.74) is -1.03. The molecule has 164 valence electrons. The average molecular weight is 452 g/mol. The van der Waals surface area contributed by atoms with Gasteiger partial charge in [-0.1, -0.05) is 12.1 Å². The molecule has 0 aliphatic heterocycles. The van der Waals surface area contributed by atoms with Crippen molar-refractivity contribution in [2.45, 2.75) is 25.4 Å². The van der Waals surface area contributed by atoms with Crippen LogP contribution in [0.2, 0.25) is 0 Å². The molecule has 0 N–H and O–H groups in total. The zero-order valence-corrected chi connectivity index (χ0v) is 17.1. The molecule has 0 saturated heterocycles. The Morgan fingerprint density at radius 3 is 1.45 bits per heavy atom. The third kappa shape index (κ3) is 6.57. The number of benzene rings is 2. The molecule has 0 aliphatic carbocycles. The summed E-state index contributed by atoms with van der Waals surface area (Å²) in [4.78, 5) is 42.8. The number of rotatable bonds is 8. The number of nitro benzene ring substituents is 2. The highest BCUT2D eigenvalue weighted by Gasteiger charge is 2.23. The first kappa shape index (κ1) is 23.4. The van der Waals surface area contributed by atoms with Gasteiger partial charge in [0, 0.05) is 26.0 Å². The van der Waals surface area contributed by atoms with Crippen LogP contribution in [0.25, 0.3) is 0 Å². The van der Waals surface area contributed by atoms with Gasteiger partial charge in [-0.15, -0.1) is 0 Å². The summed E-state index contributed by atoms with van der Waals surface area (Å²) in [6.45, 7) is 2.13. The third-order valence-electron chi connectivity index (χ3n) is 3.72. The molecule has 0 unspecified atom stereocenters. The van der Waals surface area contributed by atoms with E-state index in [2.05, 4.69) is 0 Å². The average Bonchev–Trinajstić information content (AvgIpc) is 2.62. The van der Waals surface area contributed by atoms with E-state index in [1.165, 1.54) is 12.1 Å². The molecule has 0 bridgehead atoms. The number of sulfone groups is 1. The first-order valence-electron chi connectivity index (χ1n) is 8.50. The van der Waals surface area contributed by atoms with Crippen molar-refractivity contribution in [1.82, 2.24) is 0 Å². The lowest BCUT2D eigenvalue weighted by molar-refractivity contribution is -0.385. The molecular weight excluding hydrogens is 436 g/mol. The first-order valence-corrected chi connectivity index (χ1v) is 10.3. The molecule has 2 rings (SSSR count). The fourth-order valence-corrected chi connectivity index (χ4v) is 4.11. The highest BCUT2D eigenvalue weighted by molar-refractivity contribution is 7.89. The third-order valence-corrected chi connectivity index (χ3v) is 5.27. The summed E-state index contributed by atoms with van der Waals surface area (Å²) < 4.78 is 34.6. The van der Waals surface area contributed by atoms with Crippen LogP contribution in [0.4, 0.5) is 11.4 Å². The Labute approximate surface area is 175 Å². The SMILES string of the molecule is CC(=O)Oc1ccc(CS(=O)(=O)Cc2ccc(OC(C)=O)c([N+](=O)[O-])c2)cc1[N+](=O)[O-]. The van der Waals surface area contributed by atoms with Crippen molar-refractivity contribution in [2.24, 2.45) is 0 Å². The van der Waals surface area contributed by atoms with Crippen LogP contribution in [0.15, 0.2) is 36.4 Å². The minimum atomic E-state index is -3.91. The predicted molar refractivity (Wildman–Crippen MR) is 105 cm³/mol. The Bertz CT molecular complexity index is 1090. The van der Waals surface area contributed by atoms with Gasteiger partial charge in [0.05, 0.1) is 21.4 Å². The normalized spacial score (nSPS) is 10.9. The molecule has 0 fully saturated rings. The van der Waals surface area contributed by atoms with Crippen LogP contribution >= 0.6 is 0 Å². The lowest BCUT2D eigenvalue weighted by Crippen LogP contribution is -2.10. The van der Waals surface area contributed by atoms with E-state index in [0.717, 1.165) is 38.1 Å². The number of ether oxygens (including phenoxy) is 2. The van der Waals surface area contributed by atoms with Gasteiger partial charge in [0.1, 0.15) is 0 Å². The largest absolute Gasteiger partial charge is 0.419 e. The zero-order chi connectivity index (χ0) is 23.3. The molecule has 0 aromatic heterocycles. The summed E-state index contributed by atoms with van der Waals surface area (Å²) in [5.74, 6) is -3.41. The van der Waals surface area contributed by atoms with E-state index in [-0.39, 0.29) is 22.6 Å². The van der Waals surface area contributed by atoms with Crippen molar-refractivity contribution in [3.63, 3.8) is 0 Å². The van der Waals surface area contributed by atoms with Gasteiger partial charge in [-0.25, -0.2) is 8.42 Å². The lowest BCUT2D eigenvalue weighted by Gasteiger charge is -2.08. The zero-order valence-electron chi connectivity index (χ0n) is 16.3. The molecule has 0 spiro atoms. The monoisotopic (exact) mass is 452 g/mol. The maximum atomic E-state index is 12.5. The quantitative estimate of drug-likeness (QED) is 0.250. The molecule has 0 amide bonds. The molecule has 0 heterocycles. The molecule has 0 aliphatic rings. The number of esters is 2. The molecule has 13 heteroatoms. The molecule has 0 radical (unpaired) electrons. The number of hydrogen-bond donors (Lipinski definition) is 0. The van der Waals surface area contributed by atoms with E-state index >= 15 is 0 Å². The highest BCUT2D eigenvalue weighted by Crippen LogP contribution is 2.31. The molecule has 31 heavy (non-hydrogen) atoms. The van der Waals surface area contributed by atoms with E-state index in [4.69, 9.17) is 9.47 Å².